The molecule has 0 bridgehead atoms. The minimum atomic E-state index is -3.53. The van der Waals surface area contributed by atoms with Gasteiger partial charge in [0.05, 0.1) is 19.8 Å². The van der Waals surface area contributed by atoms with Crippen molar-refractivity contribution in [1.29, 1.82) is 0 Å². The van der Waals surface area contributed by atoms with Crippen molar-refractivity contribution in [3.63, 3.8) is 0 Å². The van der Waals surface area contributed by atoms with Gasteiger partial charge in [0.2, 0.25) is 0 Å². The average Bonchev–Trinajstić information content (AvgIpc) is 2.49. The van der Waals surface area contributed by atoms with Gasteiger partial charge in [-0.15, -0.1) is 0 Å². The van der Waals surface area contributed by atoms with E-state index in [4.69, 9.17) is 13.6 Å². The standard InChI is InChI=1S/C16H27O5P/c1-4-6-10-19-22(18,20-11-7-5-2)21-13-15-8-9-16(17)14(3)12-15/h8-9,12,17H,4-7,10-11,13H2,1-3H3. The molecule has 1 rings (SSSR count). The summed E-state index contributed by atoms with van der Waals surface area (Å²) in [6.45, 7) is 6.70. The number of hydrogen-bond donors (Lipinski definition) is 1. The van der Waals surface area contributed by atoms with Crippen molar-refractivity contribution in [2.24, 2.45) is 0 Å². The highest BCUT2D eigenvalue weighted by Gasteiger charge is 2.26. The second kappa shape index (κ2) is 10.0. The normalized spacial score (nSPS) is 11.8. The zero-order chi connectivity index (χ0) is 16.4. The molecular weight excluding hydrogens is 303 g/mol. The third kappa shape index (κ3) is 6.93. The minimum absolute atomic E-state index is 0.122. The van der Waals surface area contributed by atoms with Crippen LogP contribution in [0, 0.1) is 6.92 Å². The molecule has 0 aliphatic rings. The lowest BCUT2D eigenvalue weighted by Crippen LogP contribution is -2.03. The molecule has 0 spiro atoms. The molecule has 0 amide bonds. The third-order valence-electron chi connectivity index (χ3n) is 3.15. The number of unbranched alkanes of at least 4 members (excludes halogenated alkanes) is 2. The van der Waals surface area contributed by atoms with E-state index in [0.717, 1.165) is 36.8 Å². The van der Waals surface area contributed by atoms with Crippen molar-refractivity contribution in [2.75, 3.05) is 13.2 Å². The first-order valence-corrected chi connectivity index (χ1v) is 9.29. The first-order chi connectivity index (χ1) is 10.5. The number of hydrogen-bond acceptors (Lipinski definition) is 5. The number of phosphoric ester groups is 1. The summed E-state index contributed by atoms with van der Waals surface area (Å²) in [4.78, 5) is 0. The van der Waals surface area contributed by atoms with Gasteiger partial charge in [-0.05, 0) is 37.0 Å². The SMILES string of the molecule is CCCCOP(=O)(OCCCC)OCc1ccc(O)c(C)c1. The molecule has 0 radical (unpaired) electrons. The van der Waals surface area contributed by atoms with Crippen LogP contribution in [0.1, 0.15) is 50.7 Å². The van der Waals surface area contributed by atoms with Gasteiger partial charge in [0.1, 0.15) is 5.75 Å². The Bertz CT molecular complexity index is 475. The van der Waals surface area contributed by atoms with Crippen LogP contribution in [0.5, 0.6) is 5.75 Å². The summed E-state index contributed by atoms with van der Waals surface area (Å²) in [7, 11) is -3.53. The number of rotatable bonds is 11. The van der Waals surface area contributed by atoms with Crippen molar-refractivity contribution >= 4 is 7.82 Å². The Morgan fingerprint density at radius 3 is 2.14 bits per heavy atom. The Balaban J connectivity index is 2.61. The maximum absolute atomic E-state index is 12.6. The number of phenolic OH excluding ortho intramolecular Hbond substituents is 1. The molecule has 0 heterocycles. The van der Waals surface area contributed by atoms with Gasteiger partial charge in [0, 0.05) is 0 Å². The Morgan fingerprint density at radius 1 is 1.05 bits per heavy atom. The number of aryl methyl sites for hydroxylation is 1. The summed E-state index contributed by atoms with van der Waals surface area (Å²) in [5.74, 6) is 0.227. The Kier molecular flexibility index (Phi) is 8.72. The summed E-state index contributed by atoms with van der Waals surface area (Å²) in [6, 6.07) is 5.11. The zero-order valence-corrected chi connectivity index (χ0v) is 14.6. The van der Waals surface area contributed by atoms with Gasteiger partial charge >= 0.3 is 7.82 Å². The second-order valence-corrected chi connectivity index (χ2v) is 6.88. The van der Waals surface area contributed by atoms with Crippen LogP contribution in [0.15, 0.2) is 18.2 Å². The Labute approximate surface area is 133 Å². The topological polar surface area (TPSA) is 65.0 Å². The van der Waals surface area contributed by atoms with Crippen molar-refractivity contribution in [3.05, 3.63) is 29.3 Å². The molecule has 0 fully saturated rings. The van der Waals surface area contributed by atoms with Crippen molar-refractivity contribution in [1.82, 2.24) is 0 Å². The molecule has 0 saturated carbocycles. The predicted molar refractivity (Wildman–Crippen MR) is 87.0 cm³/mol. The van der Waals surface area contributed by atoms with Crippen LogP contribution in [0.2, 0.25) is 0 Å². The van der Waals surface area contributed by atoms with Crippen LogP contribution in [-0.4, -0.2) is 18.3 Å². The Morgan fingerprint density at radius 2 is 1.64 bits per heavy atom. The smallest absolute Gasteiger partial charge is 0.475 e. The van der Waals surface area contributed by atoms with Crippen LogP contribution in [0.3, 0.4) is 0 Å². The lowest BCUT2D eigenvalue weighted by Gasteiger charge is -2.18. The summed E-state index contributed by atoms with van der Waals surface area (Å²) in [5.41, 5.74) is 1.56. The molecule has 1 aromatic rings. The summed E-state index contributed by atoms with van der Waals surface area (Å²) in [5, 5.41) is 9.51. The summed E-state index contributed by atoms with van der Waals surface area (Å²) in [6.07, 6.45) is 3.52. The van der Waals surface area contributed by atoms with Gasteiger partial charge in [-0.1, -0.05) is 38.8 Å². The molecule has 0 aromatic heterocycles. The average molecular weight is 330 g/mol. The van der Waals surface area contributed by atoms with E-state index in [0.29, 0.717) is 13.2 Å². The van der Waals surface area contributed by atoms with E-state index in [1.54, 1.807) is 25.1 Å². The fraction of sp³-hybridized carbons (Fsp3) is 0.625. The molecule has 126 valence electrons. The number of phosphoric acid groups is 1. The van der Waals surface area contributed by atoms with Crippen LogP contribution in [-0.2, 0) is 24.7 Å². The van der Waals surface area contributed by atoms with Gasteiger partial charge in [-0.25, -0.2) is 4.57 Å². The molecule has 0 atom stereocenters. The van der Waals surface area contributed by atoms with Gasteiger partial charge < -0.3 is 5.11 Å². The van der Waals surface area contributed by atoms with Crippen LogP contribution in [0.4, 0.5) is 0 Å². The molecule has 0 aliphatic heterocycles. The molecule has 1 aromatic carbocycles. The predicted octanol–water partition coefficient (Wildman–Crippen LogP) is 4.96. The summed E-state index contributed by atoms with van der Waals surface area (Å²) >= 11 is 0. The van der Waals surface area contributed by atoms with E-state index in [1.165, 1.54) is 0 Å². The minimum Gasteiger partial charge on any atom is -0.508 e. The van der Waals surface area contributed by atoms with E-state index >= 15 is 0 Å². The molecule has 0 saturated heterocycles. The van der Waals surface area contributed by atoms with Crippen molar-refractivity contribution in [3.8, 4) is 5.75 Å². The van der Waals surface area contributed by atoms with E-state index in [-0.39, 0.29) is 12.4 Å². The number of phenols is 1. The number of aromatic hydroxyl groups is 1. The van der Waals surface area contributed by atoms with E-state index in [2.05, 4.69) is 0 Å². The maximum atomic E-state index is 12.6. The van der Waals surface area contributed by atoms with E-state index in [1.807, 2.05) is 13.8 Å². The highest BCUT2D eigenvalue weighted by atomic mass is 31.2. The van der Waals surface area contributed by atoms with Gasteiger partial charge in [0.25, 0.3) is 0 Å². The fourth-order valence-electron chi connectivity index (χ4n) is 1.71. The fourth-order valence-corrected chi connectivity index (χ4v) is 2.95. The highest BCUT2D eigenvalue weighted by Crippen LogP contribution is 2.50. The molecule has 22 heavy (non-hydrogen) atoms. The largest absolute Gasteiger partial charge is 0.508 e. The van der Waals surface area contributed by atoms with Gasteiger partial charge in [0.15, 0.2) is 0 Å². The second-order valence-electron chi connectivity index (χ2n) is 5.22. The number of benzene rings is 1. The van der Waals surface area contributed by atoms with Crippen LogP contribution < -0.4 is 0 Å². The maximum Gasteiger partial charge on any atom is 0.475 e. The third-order valence-corrected chi connectivity index (χ3v) is 4.59. The molecule has 5 nitrogen and oxygen atoms in total. The van der Waals surface area contributed by atoms with E-state index < -0.39 is 7.82 Å². The van der Waals surface area contributed by atoms with Crippen molar-refractivity contribution < 1.29 is 23.2 Å². The van der Waals surface area contributed by atoms with Gasteiger partial charge in [-0.2, -0.15) is 0 Å². The first-order valence-electron chi connectivity index (χ1n) is 7.83. The molecule has 1 N–H and O–H groups in total. The van der Waals surface area contributed by atoms with Crippen LogP contribution >= 0.6 is 7.82 Å². The monoisotopic (exact) mass is 330 g/mol. The first kappa shape index (κ1) is 19.2. The highest BCUT2D eigenvalue weighted by molar-refractivity contribution is 7.48. The molecule has 0 aliphatic carbocycles. The van der Waals surface area contributed by atoms with Gasteiger partial charge in [-0.3, -0.25) is 13.6 Å². The zero-order valence-electron chi connectivity index (χ0n) is 13.7. The molecule has 6 heteroatoms. The molecular formula is C16H27O5P. The summed E-state index contributed by atoms with van der Waals surface area (Å²) < 4.78 is 28.7. The lowest BCUT2D eigenvalue weighted by molar-refractivity contribution is 0.106. The quantitative estimate of drug-likeness (QED) is 0.459. The van der Waals surface area contributed by atoms with Crippen molar-refractivity contribution in [2.45, 2.75) is 53.1 Å². The lowest BCUT2D eigenvalue weighted by atomic mass is 10.1. The van der Waals surface area contributed by atoms with E-state index in [9.17, 15) is 9.67 Å². The van der Waals surface area contributed by atoms with Crippen LogP contribution in [0.25, 0.3) is 0 Å². The Hall–Kier alpha value is -0.870. The molecule has 0 unspecified atom stereocenters.